The van der Waals surface area contributed by atoms with Crippen LogP contribution in [0.5, 0.6) is 0 Å². The molecule has 0 radical (unpaired) electrons. The van der Waals surface area contributed by atoms with E-state index in [1.165, 1.54) is 42.5 Å². The maximum atomic E-state index is 10.2. The fourth-order valence-electron chi connectivity index (χ4n) is 1.23. The van der Waals surface area contributed by atoms with Gasteiger partial charge in [0.2, 0.25) is 0 Å². The van der Waals surface area contributed by atoms with Crippen molar-refractivity contribution in [2.75, 3.05) is 11.5 Å². The lowest BCUT2D eigenvalue weighted by atomic mass is 10.3. The molecule has 0 amide bonds. The van der Waals surface area contributed by atoms with E-state index in [0.29, 0.717) is 15.8 Å². The van der Waals surface area contributed by atoms with Crippen molar-refractivity contribution in [3.05, 3.63) is 67.2 Å². The van der Waals surface area contributed by atoms with Crippen LogP contribution in [-0.4, -0.2) is 9.85 Å². The molecule has 0 saturated heterocycles. The summed E-state index contributed by atoms with van der Waals surface area (Å²) in [6, 6.07) is 9.96. The van der Waals surface area contributed by atoms with Crippen LogP contribution in [0.2, 0.25) is 0 Å². The molecule has 110 valence electrons. The lowest BCUT2D eigenvalue weighted by Gasteiger charge is -1.95. The SMILES string of the molecule is Nc1ccc([N+](=O)[O-])cc1.Nc1ccc([N+](=O)[O-])cc1Br. The Bertz CT molecular complexity index is 661. The first-order valence-corrected chi connectivity index (χ1v) is 6.30. The van der Waals surface area contributed by atoms with E-state index in [9.17, 15) is 20.2 Å². The van der Waals surface area contributed by atoms with Crippen LogP contribution in [0.15, 0.2) is 46.9 Å². The van der Waals surface area contributed by atoms with Gasteiger partial charge in [0.1, 0.15) is 0 Å². The molecule has 0 aliphatic carbocycles. The Morgan fingerprint density at radius 2 is 1.33 bits per heavy atom. The van der Waals surface area contributed by atoms with Crippen molar-refractivity contribution in [3.8, 4) is 0 Å². The third-order valence-corrected chi connectivity index (χ3v) is 2.99. The second-order valence-corrected chi connectivity index (χ2v) is 4.67. The molecule has 21 heavy (non-hydrogen) atoms. The minimum absolute atomic E-state index is 0.0334. The van der Waals surface area contributed by atoms with Crippen LogP contribution in [0.3, 0.4) is 0 Å². The number of nitro groups is 2. The molecule has 0 atom stereocenters. The van der Waals surface area contributed by atoms with Gasteiger partial charge in [-0.25, -0.2) is 0 Å². The summed E-state index contributed by atoms with van der Waals surface area (Å²) in [6.45, 7) is 0. The van der Waals surface area contributed by atoms with E-state index < -0.39 is 9.85 Å². The molecule has 0 aliphatic rings. The number of hydrogen-bond donors (Lipinski definition) is 2. The first kappa shape index (κ1) is 16.4. The maximum absolute atomic E-state index is 10.2. The van der Waals surface area contributed by atoms with Crippen molar-refractivity contribution in [1.82, 2.24) is 0 Å². The summed E-state index contributed by atoms with van der Waals surface area (Å²) in [5.41, 5.74) is 11.8. The summed E-state index contributed by atoms with van der Waals surface area (Å²) in [5.74, 6) is 0. The normalized spacial score (nSPS) is 9.38. The highest BCUT2D eigenvalue weighted by atomic mass is 79.9. The number of nitro benzene ring substituents is 2. The number of nitrogens with zero attached hydrogens (tertiary/aromatic N) is 2. The second-order valence-electron chi connectivity index (χ2n) is 3.81. The molecule has 2 aromatic carbocycles. The Morgan fingerprint density at radius 1 is 0.857 bits per heavy atom. The Balaban J connectivity index is 0.000000211. The fraction of sp³-hybridized carbons (Fsp3) is 0. The van der Waals surface area contributed by atoms with Gasteiger partial charge >= 0.3 is 0 Å². The summed E-state index contributed by atoms with van der Waals surface area (Å²) in [4.78, 5) is 19.4. The molecule has 0 saturated carbocycles. The summed E-state index contributed by atoms with van der Waals surface area (Å²) in [6.07, 6.45) is 0. The highest BCUT2D eigenvalue weighted by Gasteiger charge is 2.06. The van der Waals surface area contributed by atoms with Gasteiger partial charge in [0.25, 0.3) is 11.4 Å². The van der Waals surface area contributed by atoms with Gasteiger partial charge in [-0.2, -0.15) is 0 Å². The van der Waals surface area contributed by atoms with Gasteiger partial charge in [0.05, 0.1) is 9.85 Å². The van der Waals surface area contributed by atoms with Crippen LogP contribution in [0, 0.1) is 20.2 Å². The van der Waals surface area contributed by atoms with Gasteiger partial charge in [-0.15, -0.1) is 0 Å². The van der Waals surface area contributed by atoms with Crippen molar-refractivity contribution < 1.29 is 9.85 Å². The van der Waals surface area contributed by atoms with Gasteiger partial charge in [0, 0.05) is 40.1 Å². The molecule has 2 aromatic rings. The van der Waals surface area contributed by atoms with Gasteiger partial charge in [0.15, 0.2) is 0 Å². The minimum Gasteiger partial charge on any atom is -0.399 e. The highest BCUT2D eigenvalue weighted by Crippen LogP contribution is 2.24. The first-order chi connectivity index (χ1) is 9.81. The average Bonchev–Trinajstić information content (AvgIpc) is 2.43. The smallest absolute Gasteiger partial charge is 0.270 e. The zero-order valence-corrected chi connectivity index (χ0v) is 12.2. The predicted molar refractivity (Wildman–Crippen MR) is 82.7 cm³/mol. The molecule has 0 fully saturated rings. The standard InChI is InChI=1S/C6H5BrN2O2.C6H6N2O2/c7-5-3-4(9(10)11)1-2-6(5)8;7-5-1-3-6(4-2-5)8(9)10/h1-3H,8H2;1-4H,7H2. The summed E-state index contributed by atoms with van der Waals surface area (Å²) < 4.78 is 0.548. The number of halogens is 1. The summed E-state index contributed by atoms with van der Waals surface area (Å²) >= 11 is 3.08. The van der Waals surface area contributed by atoms with E-state index in [0.717, 1.165) is 0 Å². The van der Waals surface area contributed by atoms with Crippen molar-refractivity contribution in [1.29, 1.82) is 0 Å². The number of rotatable bonds is 2. The topological polar surface area (TPSA) is 138 Å². The molecular formula is C12H11BrN4O4. The maximum Gasteiger partial charge on any atom is 0.270 e. The van der Waals surface area contributed by atoms with Gasteiger partial charge in [-0.05, 0) is 34.1 Å². The Kier molecular flexibility index (Phi) is 5.61. The number of non-ortho nitro benzene ring substituents is 2. The van der Waals surface area contributed by atoms with E-state index >= 15 is 0 Å². The second kappa shape index (κ2) is 7.20. The average molecular weight is 355 g/mol. The van der Waals surface area contributed by atoms with Gasteiger partial charge in [-0.1, -0.05) is 0 Å². The zero-order chi connectivity index (χ0) is 16.0. The van der Waals surface area contributed by atoms with E-state index in [1.807, 2.05) is 0 Å². The van der Waals surface area contributed by atoms with Crippen molar-refractivity contribution >= 4 is 38.7 Å². The monoisotopic (exact) mass is 354 g/mol. The van der Waals surface area contributed by atoms with Crippen LogP contribution < -0.4 is 11.5 Å². The highest BCUT2D eigenvalue weighted by molar-refractivity contribution is 9.10. The quantitative estimate of drug-likeness (QED) is 0.482. The number of nitrogens with two attached hydrogens (primary N) is 2. The molecule has 0 aromatic heterocycles. The lowest BCUT2D eigenvalue weighted by Crippen LogP contribution is -1.90. The van der Waals surface area contributed by atoms with Crippen LogP contribution in [0.25, 0.3) is 0 Å². The zero-order valence-electron chi connectivity index (χ0n) is 10.6. The van der Waals surface area contributed by atoms with Crippen molar-refractivity contribution in [3.63, 3.8) is 0 Å². The molecule has 0 heterocycles. The summed E-state index contributed by atoms with van der Waals surface area (Å²) in [7, 11) is 0. The van der Waals surface area contributed by atoms with Crippen LogP contribution in [0.4, 0.5) is 22.7 Å². The number of benzene rings is 2. The Hall–Kier alpha value is -2.68. The molecule has 2 rings (SSSR count). The minimum atomic E-state index is -0.468. The number of anilines is 2. The predicted octanol–water partition coefficient (Wildman–Crippen LogP) is 3.12. The lowest BCUT2D eigenvalue weighted by molar-refractivity contribution is -0.385. The fourth-order valence-corrected chi connectivity index (χ4v) is 1.59. The molecule has 9 heteroatoms. The van der Waals surface area contributed by atoms with E-state index in [4.69, 9.17) is 11.5 Å². The first-order valence-electron chi connectivity index (χ1n) is 5.50. The third kappa shape index (κ3) is 5.07. The van der Waals surface area contributed by atoms with E-state index in [1.54, 1.807) is 0 Å². The molecule has 4 N–H and O–H groups in total. The summed E-state index contributed by atoms with van der Waals surface area (Å²) in [5, 5.41) is 20.3. The van der Waals surface area contributed by atoms with Gasteiger partial charge in [-0.3, -0.25) is 20.2 Å². The van der Waals surface area contributed by atoms with E-state index in [-0.39, 0.29) is 11.4 Å². The largest absolute Gasteiger partial charge is 0.399 e. The van der Waals surface area contributed by atoms with Crippen molar-refractivity contribution in [2.24, 2.45) is 0 Å². The molecule has 0 spiro atoms. The van der Waals surface area contributed by atoms with Crippen LogP contribution in [0.1, 0.15) is 0 Å². The third-order valence-electron chi connectivity index (χ3n) is 2.30. The van der Waals surface area contributed by atoms with Gasteiger partial charge < -0.3 is 11.5 Å². The molecule has 8 nitrogen and oxygen atoms in total. The van der Waals surface area contributed by atoms with Crippen LogP contribution in [-0.2, 0) is 0 Å². The molecule has 0 bridgehead atoms. The Morgan fingerprint density at radius 3 is 1.76 bits per heavy atom. The molecular weight excluding hydrogens is 344 g/mol. The Labute approximate surface area is 127 Å². The number of nitrogen functional groups attached to an aromatic ring is 2. The van der Waals surface area contributed by atoms with E-state index in [2.05, 4.69) is 15.9 Å². The molecule has 0 aliphatic heterocycles. The van der Waals surface area contributed by atoms with Crippen LogP contribution >= 0.6 is 15.9 Å². The molecule has 0 unspecified atom stereocenters. The van der Waals surface area contributed by atoms with Crippen molar-refractivity contribution in [2.45, 2.75) is 0 Å². The number of hydrogen-bond acceptors (Lipinski definition) is 6.